The van der Waals surface area contributed by atoms with Crippen molar-refractivity contribution in [2.45, 2.75) is 106 Å². The highest BCUT2D eigenvalue weighted by Crippen LogP contribution is 2.66. The maximum atomic E-state index is 13.3. The molecule has 2 aliphatic heterocycles. The highest BCUT2D eigenvalue weighted by Gasteiger charge is 2.73. The number of aryl methyl sites for hydroxylation is 1. The second-order valence-electron chi connectivity index (χ2n) is 16.6. The van der Waals surface area contributed by atoms with E-state index in [-0.39, 0.29) is 24.1 Å². The van der Waals surface area contributed by atoms with E-state index in [1.807, 2.05) is 0 Å². The minimum atomic E-state index is -0.812. The summed E-state index contributed by atoms with van der Waals surface area (Å²) in [6, 6.07) is 37.9. The third-order valence-electron chi connectivity index (χ3n) is 13.7. The van der Waals surface area contributed by atoms with Crippen LogP contribution in [0.25, 0.3) is 0 Å². The van der Waals surface area contributed by atoms with Crippen molar-refractivity contribution in [3.05, 3.63) is 131 Å². The molecule has 0 unspecified atom stereocenters. The van der Waals surface area contributed by atoms with Gasteiger partial charge in [0.05, 0.1) is 18.1 Å². The van der Waals surface area contributed by atoms with Gasteiger partial charge in [-0.2, -0.15) is 0 Å². The van der Waals surface area contributed by atoms with Crippen LogP contribution in [0.1, 0.15) is 91.5 Å². The Labute approximate surface area is 311 Å². The summed E-state index contributed by atoms with van der Waals surface area (Å²) >= 11 is 0. The first-order valence-corrected chi connectivity index (χ1v) is 20.3. The number of ether oxygens (including phenoxy) is 2. The van der Waals surface area contributed by atoms with Crippen molar-refractivity contribution in [3.63, 3.8) is 0 Å². The predicted molar refractivity (Wildman–Crippen MR) is 208 cm³/mol. The van der Waals surface area contributed by atoms with Gasteiger partial charge in [-0.05, 0) is 105 Å². The molecule has 5 heteroatoms. The Bertz CT molecular complexity index is 1770. The Morgan fingerprint density at radius 1 is 0.827 bits per heavy atom. The summed E-state index contributed by atoms with van der Waals surface area (Å²) in [4.78, 5) is 5.48. The molecule has 5 nitrogen and oxygen atoms in total. The van der Waals surface area contributed by atoms with Gasteiger partial charge in [-0.3, -0.25) is 9.80 Å². The lowest BCUT2D eigenvalue weighted by molar-refractivity contribution is -0.201. The molecule has 1 N–H and O–H groups in total. The van der Waals surface area contributed by atoms with Crippen LogP contribution in [0.4, 0.5) is 0 Å². The molecular formula is C47H56N2O3. The van der Waals surface area contributed by atoms with Crippen LogP contribution in [0.15, 0.2) is 103 Å². The maximum absolute atomic E-state index is 13.3. The van der Waals surface area contributed by atoms with Crippen LogP contribution in [0.2, 0.25) is 0 Å². The van der Waals surface area contributed by atoms with E-state index >= 15 is 0 Å². The Morgan fingerprint density at radius 2 is 1.52 bits per heavy atom. The van der Waals surface area contributed by atoms with Crippen molar-refractivity contribution in [1.82, 2.24) is 9.80 Å². The number of unbranched alkanes of at least 4 members (excludes halogenated alkanes) is 3. The van der Waals surface area contributed by atoms with Gasteiger partial charge in [0.2, 0.25) is 0 Å². The number of piperidine rings is 1. The monoisotopic (exact) mass is 696 g/mol. The molecule has 3 fully saturated rings. The van der Waals surface area contributed by atoms with Crippen molar-refractivity contribution in [2.24, 2.45) is 5.92 Å². The fourth-order valence-corrected chi connectivity index (χ4v) is 11.0. The minimum Gasteiger partial charge on any atom is -0.493 e. The Morgan fingerprint density at radius 3 is 2.21 bits per heavy atom. The lowest BCUT2D eigenvalue weighted by atomic mass is 9.48. The Balaban J connectivity index is 1.05. The number of rotatable bonds is 15. The second kappa shape index (κ2) is 14.3. The first kappa shape index (κ1) is 34.1. The van der Waals surface area contributed by atoms with Crippen LogP contribution in [-0.2, 0) is 18.3 Å². The number of methoxy groups -OCH3 is 1. The normalized spacial score (nSPS) is 27.4. The van der Waals surface area contributed by atoms with Gasteiger partial charge in [0.15, 0.2) is 11.5 Å². The molecule has 3 aliphatic carbocycles. The van der Waals surface area contributed by atoms with Gasteiger partial charge >= 0.3 is 0 Å². The standard InChI is InChI=1S/C47H56N2O3/c1-51-41-25-24-38-31-42-47(50)27-26-40(45-46(47,43(38)44(41)52-45)28-30-49(42)32-35-22-23-35)48(29-14-3-2-7-15-34-16-8-4-9-17-34)33-39(36-18-10-5-11-19-36)37-20-12-6-13-21-37/h4-6,8-13,16-21,24-25,35,39-40,42,45,50H,2-3,7,14-15,22-23,26-33H2,1H3/t40-,42+,45-,46-,47+/m0/s1. The molecule has 2 bridgehead atoms. The zero-order chi connectivity index (χ0) is 35.1. The molecule has 0 amide bonds. The molecule has 2 heterocycles. The van der Waals surface area contributed by atoms with Crippen molar-refractivity contribution in [3.8, 4) is 11.5 Å². The highest BCUT2D eigenvalue weighted by molar-refractivity contribution is 5.63. The summed E-state index contributed by atoms with van der Waals surface area (Å²) in [5.74, 6) is 2.77. The highest BCUT2D eigenvalue weighted by atomic mass is 16.5. The van der Waals surface area contributed by atoms with Crippen LogP contribution in [0.3, 0.4) is 0 Å². The molecule has 4 aromatic carbocycles. The topological polar surface area (TPSA) is 45.2 Å². The number of aliphatic hydroxyl groups is 1. The van der Waals surface area contributed by atoms with E-state index < -0.39 is 11.0 Å². The van der Waals surface area contributed by atoms with Crippen molar-refractivity contribution >= 4 is 0 Å². The molecule has 0 radical (unpaired) electrons. The fraction of sp³-hybridized carbons (Fsp3) is 0.489. The fourth-order valence-electron chi connectivity index (χ4n) is 11.0. The Hall–Kier alpha value is -3.64. The second-order valence-corrected chi connectivity index (χ2v) is 16.6. The zero-order valence-corrected chi connectivity index (χ0v) is 31.0. The summed E-state index contributed by atoms with van der Waals surface area (Å²) in [5.41, 5.74) is 5.55. The SMILES string of the molecule is COc1ccc2c3c1O[C@H]1[C@@H](N(CCCCCCc4ccccc4)CC(c4ccccc4)c4ccccc4)CC[C@@]4(O)[C@@H](C2)N(CC2CC2)CC[C@]314. The number of hydrogen-bond donors (Lipinski definition) is 1. The predicted octanol–water partition coefficient (Wildman–Crippen LogP) is 8.57. The molecule has 272 valence electrons. The first-order valence-electron chi connectivity index (χ1n) is 20.3. The van der Waals surface area contributed by atoms with Gasteiger partial charge in [-0.15, -0.1) is 0 Å². The van der Waals surface area contributed by atoms with Gasteiger partial charge in [0, 0.05) is 36.7 Å². The van der Waals surface area contributed by atoms with E-state index in [9.17, 15) is 5.11 Å². The van der Waals surface area contributed by atoms with Crippen LogP contribution in [0, 0.1) is 5.92 Å². The molecule has 5 atom stereocenters. The third-order valence-corrected chi connectivity index (χ3v) is 13.7. The van der Waals surface area contributed by atoms with Crippen molar-refractivity contribution < 1.29 is 14.6 Å². The summed E-state index contributed by atoms with van der Waals surface area (Å²) in [5, 5.41) is 13.3. The van der Waals surface area contributed by atoms with E-state index in [4.69, 9.17) is 9.47 Å². The van der Waals surface area contributed by atoms with E-state index in [2.05, 4.69) is 113 Å². The van der Waals surface area contributed by atoms with Crippen LogP contribution >= 0.6 is 0 Å². The average Bonchev–Trinajstić information content (AvgIpc) is 3.94. The molecule has 9 rings (SSSR count). The Kier molecular flexibility index (Phi) is 9.39. The summed E-state index contributed by atoms with van der Waals surface area (Å²) in [6.07, 6.45) is 12.1. The van der Waals surface area contributed by atoms with Crippen LogP contribution < -0.4 is 9.47 Å². The molecule has 1 spiro atoms. The maximum Gasteiger partial charge on any atom is 0.165 e. The van der Waals surface area contributed by atoms with E-state index in [1.54, 1.807) is 7.11 Å². The summed E-state index contributed by atoms with van der Waals surface area (Å²) in [6.45, 7) is 4.11. The molecule has 0 aromatic heterocycles. The minimum absolute atomic E-state index is 0.118. The van der Waals surface area contributed by atoms with Gasteiger partial charge in [0.25, 0.3) is 0 Å². The quantitative estimate of drug-likeness (QED) is 0.126. The molecule has 4 aromatic rings. The lowest BCUT2D eigenvalue weighted by Crippen LogP contribution is -2.78. The van der Waals surface area contributed by atoms with Crippen LogP contribution in [-0.4, -0.2) is 72.0 Å². The number of hydrogen-bond acceptors (Lipinski definition) is 5. The van der Waals surface area contributed by atoms with Crippen molar-refractivity contribution in [1.29, 1.82) is 0 Å². The molecular weight excluding hydrogens is 641 g/mol. The largest absolute Gasteiger partial charge is 0.493 e. The van der Waals surface area contributed by atoms with E-state index in [0.29, 0.717) is 0 Å². The summed E-state index contributed by atoms with van der Waals surface area (Å²) < 4.78 is 13.3. The molecule has 5 aliphatic rings. The molecule has 1 saturated heterocycles. The molecule has 2 saturated carbocycles. The van der Waals surface area contributed by atoms with E-state index in [0.717, 1.165) is 82.1 Å². The first-order chi connectivity index (χ1) is 25.6. The number of benzene rings is 4. The average molecular weight is 697 g/mol. The summed E-state index contributed by atoms with van der Waals surface area (Å²) in [7, 11) is 1.77. The van der Waals surface area contributed by atoms with E-state index in [1.165, 1.54) is 59.9 Å². The molecule has 52 heavy (non-hydrogen) atoms. The smallest absolute Gasteiger partial charge is 0.165 e. The van der Waals surface area contributed by atoms with Gasteiger partial charge in [0.1, 0.15) is 6.10 Å². The van der Waals surface area contributed by atoms with Crippen molar-refractivity contribution in [2.75, 3.05) is 33.3 Å². The lowest BCUT2D eigenvalue weighted by Gasteiger charge is -2.65. The zero-order valence-electron chi connectivity index (χ0n) is 31.0. The van der Waals surface area contributed by atoms with Gasteiger partial charge in [-0.1, -0.05) is 110 Å². The van der Waals surface area contributed by atoms with Crippen LogP contribution in [0.5, 0.6) is 11.5 Å². The third kappa shape index (κ3) is 5.97. The number of nitrogens with zero attached hydrogens (tertiary/aromatic N) is 2. The van der Waals surface area contributed by atoms with Gasteiger partial charge in [-0.25, -0.2) is 0 Å². The number of likely N-dealkylation sites (tertiary alicyclic amines) is 1. The van der Waals surface area contributed by atoms with Gasteiger partial charge < -0.3 is 14.6 Å².